The zero-order valence-electron chi connectivity index (χ0n) is 24.4. The lowest BCUT2D eigenvalue weighted by molar-refractivity contribution is -0.274. The van der Waals surface area contributed by atoms with Crippen molar-refractivity contribution in [3.8, 4) is 5.75 Å². The first-order valence-corrected chi connectivity index (χ1v) is 14.7. The van der Waals surface area contributed by atoms with Crippen LogP contribution in [0.3, 0.4) is 0 Å². The molecule has 1 aliphatic carbocycles. The van der Waals surface area contributed by atoms with E-state index in [1.807, 2.05) is 49.4 Å². The third kappa shape index (κ3) is 9.02. The van der Waals surface area contributed by atoms with Crippen LogP contribution in [-0.4, -0.2) is 38.3 Å². The Labute approximate surface area is 253 Å². The van der Waals surface area contributed by atoms with Crippen molar-refractivity contribution < 1.29 is 27.5 Å². The predicted octanol–water partition coefficient (Wildman–Crippen LogP) is 6.62. The Morgan fingerprint density at radius 3 is 1.77 bits per heavy atom. The van der Waals surface area contributed by atoms with E-state index in [1.165, 1.54) is 18.2 Å². The molecule has 5 rings (SSSR count). The van der Waals surface area contributed by atoms with Crippen LogP contribution in [0.1, 0.15) is 77.0 Å². The Morgan fingerprint density at radius 2 is 1.27 bits per heavy atom. The third-order valence-corrected chi connectivity index (χ3v) is 7.77. The highest BCUT2D eigenvalue weighted by molar-refractivity contribution is 5.83. The Balaban J connectivity index is 1.13. The molecule has 2 heterocycles. The van der Waals surface area contributed by atoms with Crippen LogP contribution in [-0.2, 0) is 35.3 Å². The number of hydrogen-bond donors (Lipinski definition) is 0. The van der Waals surface area contributed by atoms with Gasteiger partial charge < -0.3 is 4.74 Å². The molecule has 1 fully saturated rings. The number of rotatable bonds is 11. The number of carbonyl (C=O) groups excluding carboxylic acids is 2. The fourth-order valence-corrected chi connectivity index (χ4v) is 5.75. The SMILES string of the molecule is Cc1cccc(CC(=O)Cc2ccc([C@@H]3CCC[C@H](c4ccc(CC(=O)Cc5cccc(OC(F)(F)F)c5)nn4)C3)nn2)c1. The van der Waals surface area contributed by atoms with Crippen molar-refractivity contribution in [3.63, 3.8) is 0 Å². The Bertz CT molecular complexity index is 1590. The zero-order valence-corrected chi connectivity index (χ0v) is 24.4. The van der Waals surface area contributed by atoms with Crippen molar-refractivity contribution >= 4 is 11.6 Å². The van der Waals surface area contributed by atoms with Gasteiger partial charge >= 0.3 is 6.36 Å². The summed E-state index contributed by atoms with van der Waals surface area (Å²) in [6.07, 6.45) is -0.360. The summed E-state index contributed by atoms with van der Waals surface area (Å²) in [4.78, 5) is 25.1. The number of ketones is 2. The van der Waals surface area contributed by atoms with Crippen LogP contribution in [0.5, 0.6) is 5.75 Å². The fraction of sp³-hybridized carbons (Fsp3) is 0.353. The molecule has 228 valence electrons. The number of aromatic nitrogens is 4. The summed E-state index contributed by atoms with van der Waals surface area (Å²) >= 11 is 0. The molecule has 0 spiro atoms. The maximum Gasteiger partial charge on any atom is 0.573 e. The second-order valence-electron chi connectivity index (χ2n) is 11.4. The molecule has 0 N–H and O–H groups in total. The monoisotopic (exact) mass is 602 g/mol. The smallest absolute Gasteiger partial charge is 0.406 e. The standard InChI is InChI=1S/C34H33F3N4O3/c1-22-5-2-6-23(15-22)16-29(42)20-27-11-13-32(40-38-27)25-8-4-9-26(19-25)33-14-12-28(39-41-33)21-30(43)17-24-7-3-10-31(18-24)44-34(35,36)37/h2-3,5-7,10-15,18,25-26H,4,8-9,16-17,19-21H2,1H3/t25-,26+/m1/s1. The Kier molecular flexibility index (Phi) is 9.77. The van der Waals surface area contributed by atoms with E-state index >= 15 is 0 Å². The quantitative estimate of drug-likeness (QED) is 0.190. The molecular weight excluding hydrogens is 569 g/mol. The number of hydrogen-bond acceptors (Lipinski definition) is 7. The average Bonchev–Trinajstić information content (AvgIpc) is 2.97. The van der Waals surface area contributed by atoms with E-state index < -0.39 is 6.36 Å². The lowest BCUT2D eigenvalue weighted by atomic mass is 9.78. The predicted molar refractivity (Wildman–Crippen MR) is 157 cm³/mol. The topological polar surface area (TPSA) is 94.9 Å². The number of nitrogens with zero attached hydrogens (tertiary/aromatic N) is 4. The summed E-state index contributed by atoms with van der Waals surface area (Å²) < 4.78 is 41.4. The first-order chi connectivity index (χ1) is 21.1. The zero-order chi connectivity index (χ0) is 31.1. The molecule has 0 amide bonds. The minimum absolute atomic E-state index is 0.0281. The molecule has 1 saturated carbocycles. The van der Waals surface area contributed by atoms with Crippen molar-refractivity contribution in [2.45, 2.75) is 76.5 Å². The van der Waals surface area contributed by atoms with Crippen LogP contribution < -0.4 is 4.74 Å². The molecule has 0 radical (unpaired) electrons. The van der Waals surface area contributed by atoms with Gasteiger partial charge in [0.1, 0.15) is 17.3 Å². The molecule has 1 aliphatic rings. The maximum atomic E-state index is 12.6. The van der Waals surface area contributed by atoms with Gasteiger partial charge in [0.25, 0.3) is 0 Å². The van der Waals surface area contributed by atoms with Crippen molar-refractivity contribution in [2.24, 2.45) is 0 Å². The van der Waals surface area contributed by atoms with Gasteiger partial charge in [-0.05, 0) is 73.7 Å². The second-order valence-corrected chi connectivity index (χ2v) is 11.4. The molecule has 2 aromatic carbocycles. The van der Waals surface area contributed by atoms with E-state index in [4.69, 9.17) is 0 Å². The van der Waals surface area contributed by atoms with Crippen LogP contribution in [0.15, 0.2) is 72.8 Å². The second kappa shape index (κ2) is 13.9. The van der Waals surface area contributed by atoms with Crippen molar-refractivity contribution in [2.75, 3.05) is 0 Å². The van der Waals surface area contributed by atoms with E-state index in [9.17, 15) is 22.8 Å². The highest BCUT2D eigenvalue weighted by Crippen LogP contribution is 2.39. The van der Waals surface area contributed by atoms with E-state index in [0.717, 1.165) is 48.2 Å². The van der Waals surface area contributed by atoms with Crippen LogP contribution in [0, 0.1) is 6.92 Å². The molecule has 7 nitrogen and oxygen atoms in total. The summed E-state index contributed by atoms with van der Waals surface area (Å²) in [6.45, 7) is 2.01. The van der Waals surface area contributed by atoms with Gasteiger partial charge in [-0.2, -0.15) is 20.4 Å². The molecular formula is C34H33F3N4O3. The summed E-state index contributed by atoms with van der Waals surface area (Å²) in [6, 6.07) is 20.9. The van der Waals surface area contributed by atoms with Crippen LogP contribution in [0.2, 0.25) is 0 Å². The number of Topliss-reactive ketones (excluding diaryl/α,β-unsaturated/α-hetero) is 2. The molecule has 4 aromatic rings. The van der Waals surface area contributed by atoms with Gasteiger partial charge in [-0.1, -0.05) is 48.4 Å². The fourth-order valence-electron chi connectivity index (χ4n) is 5.75. The number of ether oxygens (including phenoxy) is 1. The maximum absolute atomic E-state index is 12.6. The number of carbonyl (C=O) groups is 2. The van der Waals surface area contributed by atoms with Gasteiger partial charge in [0.15, 0.2) is 0 Å². The number of aryl methyl sites for hydroxylation is 1. The average molecular weight is 603 g/mol. The van der Waals surface area contributed by atoms with Crippen molar-refractivity contribution in [1.82, 2.24) is 20.4 Å². The Morgan fingerprint density at radius 1 is 0.727 bits per heavy atom. The van der Waals surface area contributed by atoms with Crippen molar-refractivity contribution in [3.05, 3.63) is 112 Å². The van der Waals surface area contributed by atoms with Crippen LogP contribution >= 0.6 is 0 Å². The van der Waals surface area contributed by atoms with E-state index in [1.54, 1.807) is 12.1 Å². The third-order valence-electron chi connectivity index (χ3n) is 7.77. The lowest BCUT2D eigenvalue weighted by Gasteiger charge is -2.28. The first kappa shape index (κ1) is 31.0. The molecule has 0 unspecified atom stereocenters. The summed E-state index contributed by atoms with van der Waals surface area (Å²) in [5, 5.41) is 17.5. The van der Waals surface area contributed by atoms with Crippen LogP contribution in [0.4, 0.5) is 13.2 Å². The summed E-state index contributed by atoms with van der Waals surface area (Å²) in [7, 11) is 0. The van der Waals surface area contributed by atoms with E-state index in [-0.39, 0.29) is 48.4 Å². The largest absolute Gasteiger partial charge is 0.573 e. The minimum Gasteiger partial charge on any atom is -0.406 e. The van der Waals surface area contributed by atoms with Gasteiger partial charge in [0.05, 0.1) is 35.6 Å². The van der Waals surface area contributed by atoms with Gasteiger partial charge in [0, 0.05) is 24.7 Å². The highest BCUT2D eigenvalue weighted by atomic mass is 19.4. The molecule has 0 bridgehead atoms. The van der Waals surface area contributed by atoms with Gasteiger partial charge in [0.2, 0.25) is 0 Å². The van der Waals surface area contributed by atoms with Gasteiger partial charge in [-0.3, -0.25) is 9.59 Å². The summed E-state index contributed by atoms with van der Waals surface area (Å²) in [5.41, 5.74) is 5.49. The minimum atomic E-state index is -4.79. The van der Waals surface area contributed by atoms with Gasteiger partial charge in [-0.15, -0.1) is 13.2 Å². The van der Waals surface area contributed by atoms with Crippen LogP contribution in [0.25, 0.3) is 0 Å². The first-order valence-electron chi connectivity index (χ1n) is 14.7. The van der Waals surface area contributed by atoms with Gasteiger partial charge in [-0.25, -0.2) is 0 Å². The molecule has 0 aliphatic heterocycles. The van der Waals surface area contributed by atoms with E-state index in [2.05, 4.69) is 25.1 Å². The molecule has 10 heteroatoms. The lowest BCUT2D eigenvalue weighted by Crippen LogP contribution is -2.17. The summed E-state index contributed by atoms with van der Waals surface area (Å²) in [5.74, 6) is -0.0292. The highest BCUT2D eigenvalue weighted by Gasteiger charge is 2.31. The normalized spacial score (nSPS) is 16.8. The molecule has 2 atom stereocenters. The Hall–Kier alpha value is -4.47. The molecule has 0 saturated heterocycles. The number of alkyl halides is 3. The van der Waals surface area contributed by atoms with Crippen molar-refractivity contribution in [1.29, 1.82) is 0 Å². The van der Waals surface area contributed by atoms with E-state index in [0.29, 0.717) is 23.4 Å². The number of benzene rings is 2. The number of halogens is 3. The molecule has 44 heavy (non-hydrogen) atoms. The molecule has 2 aromatic heterocycles.